The van der Waals surface area contributed by atoms with Crippen molar-refractivity contribution in [1.29, 1.82) is 0 Å². The molecule has 1 atom stereocenters. The number of fused-ring (bicyclic) bond motifs is 3. The number of aromatic nitrogens is 2. The van der Waals surface area contributed by atoms with Gasteiger partial charge in [0.1, 0.15) is 22.7 Å². The summed E-state index contributed by atoms with van der Waals surface area (Å²) in [6, 6.07) is 6.89. The van der Waals surface area contributed by atoms with Gasteiger partial charge in [-0.25, -0.2) is 9.97 Å². The van der Waals surface area contributed by atoms with Crippen molar-refractivity contribution < 1.29 is 14.6 Å². The lowest BCUT2D eigenvalue weighted by Crippen LogP contribution is -2.26. The predicted molar refractivity (Wildman–Crippen MR) is 105 cm³/mol. The van der Waals surface area contributed by atoms with E-state index < -0.39 is 0 Å². The first-order valence-corrected chi connectivity index (χ1v) is 9.82. The van der Waals surface area contributed by atoms with Crippen molar-refractivity contribution >= 4 is 33.3 Å². The molecule has 3 aromatic rings. The highest BCUT2D eigenvalue weighted by atomic mass is 32.1. The Morgan fingerprint density at radius 3 is 2.89 bits per heavy atom. The summed E-state index contributed by atoms with van der Waals surface area (Å²) in [6.45, 7) is 0.421. The molecule has 0 bridgehead atoms. The third-order valence-corrected chi connectivity index (χ3v) is 6.17. The third-order valence-electron chi connectivity index (χ3n) is 4.97. The minimum Gasteiger partial charge on any atom is -0.508 e. The number of aryl methyl sites for hydroxylation is 2. The van der Waals surface area contributed by atoms with E-state index in [0.717, 1.165) is 34.4 Å². The minimum atomic E-state index is -0.351. The van der Waals surface area contributed by atoms with E-state index in [1.807, 2.05) is 12.1 Å². The fourth-order valence-corrected chi connectivity index (χ4v) is 4.83. The molecule has 2 N–H and O–H groups in total. The molecule has 1 aliphatic rings. The van der Waals surface area contributed by atoms with Crippen molar-refractivity contribution in [2.24, 2.45) is 5.92 Å². The van der Waals surface area contributed by atoms with Crippen LogP contribution in [0.4, 0.5) is 5.82 Å². The molecule has 1 aliphatic carbocycles. The van der Waals surface area contributed by atoms with Crippen LogP contribution in [0, 0.1) is 5.92 Å². The van der Waals surface area contributed by atoms with Gasteiger partial charge in [-0.1, -0.05) is 12.1 Å². The van der Waals surface area contributed by atoms with Gasteiger partial charge in [-0.15, -0.1) is 11.3 Å². The van der Waals surface area contributed by atoms with Crippen LogP contribution in [0.2, 0.25) is 0 Å². The number of hydrogen-bond acceptors (Lipinski definition) is 7. The first-order valence-electron chi connectivity index (χ1n) is 9.00. The number of esters is 1. The van der Waals surface area contributed by atoms with Gasteiger partial charge in [0.05, 0.1) is 18.4 Å². The molecule has 0 saturated carbocycles. The summed E-state index contributed by atoms with van der Waals surface area (Å²) in [5.41, 5.74) is 2.32. The van der Waals surface area contributed by atoms with Crippen LogP contribution in [-0.4, -0.2) is 34.7 Å². The van der Waals surface area contributed by atoms with Gasteiger partial charge in [-0.05, 0) is 48.9 Å². The van der Waals surface area contributed by atoms with Crippen molar-refractivity contribution in [3.8, 4) is 5.75 Å². The Labute approximate surface area is 161 Å². The maximum atomic E-state index is 12.3. The molecule has 6 nitrogen and oxygen atoms in total. The summed E-state index contributed by atoms with van der Waals surface area (Å²) in [4.78, 5) is 23.5. The number of carbonyl (C=O) groups is 1. The van der Waals surface area contributed by atoms with Crippen molar-refractivity contribution in [3.63, 3.8) is 0 Å². The molecule has 2 heterocycles. The van der Waals surface area contributed by atoms with Crippen molar-refractivity contribution in [1.82, 2.24) is 9.97 Å². The Morgan fingerprint density at radius 2 is 2.11 bits per heavy atom. The van der Waals surface area contributed by atoms with E-state index in [-0.39, 0.29) is 17.6 Å². The van der Waals surface area contributed by atoms with Crippen molar-refractivity contribution in [3.05, 3.63) is 46.6 Å². The fraction of sp³-hybridized carbons (Fsp3) is 0.350. The summed E-state index contributed by atoms with van der Waals surface area (Å²) in [5.74, 6) is 0.382. The normalized spacial score (nSPS) is 14.1. The Hall–Kier alpha value is -2.67. The number of nitrogens with zero attached hydrogens (tertiary/aromatic N) is 2. The molecule has 27 heavy (non-hydrogen) atoms. The summed E-state index contributed by atoms with van der Waals surface area (Å²) in [5, 5.41) is 13.9. The molecule has 0 saturated heterocycles. The average molecular weight is 383 g/mol. The van der Waals surface area contributed by atoms with Gasteiger partial charge in [-0.2, -0.15) is 0 Å². The monoisotopic (exact) mass is 383 g/mol. The number of rotatable bonds is 6. The molecule has 0 aliphatic heterocycles. The van der Waals surface area contributed by atoms with E-state index in [1.165, 1.54) is 24.0 Å². The molecule has 4 rings (SSSR count). The number of anilines is 1. The number of nitrogens with one attached hydrogen (secondary N) is 1. The highest BCUT2D eigenvalue weighted by molar-refractivity contribution is 7.19. The topological polar surface area (TPSA) is 84.3 Å². The largest absolute Gasteiger partial charge is 0.508 e. The zero-order valence-corrected chi connectivity index (χ0v) is 15.9. The number of hydrogen-bond donors (Lipinski definition) is 2. The lowest BCUT2D eigenvalue weighted by atomic mass is 9.99. The zero-order valence-electron chi connectivity index (χ0n) is 15.1. The standard InChI is InChI=1S/C20H21N3O3S/c1-26-20(25)13(9-12-5-7-14(24)8-6-12)10-21-18-17-15-3-2-4-16(15)27-19(17)23-11-22-18/h5-8,11,13,24H,2-4,9-10H2,1H3,(H,21,22,23). The quantitative estimate of drug-likeness (QED) is 0.635. The van der Waals surface area contributed by atoms with Gasteiger partial charge in [-0.3, -0.25) is 4.79 Å². The van der Waals surface area contributed by atoms with E-state index in [9.17, 15) is 9.90 Å². The lowest BCUT2D eigenvalue weighted by Gasteiger charge is -2.16. The van der Waals surface area contributed by atoms with Gasteiger partial charge < -0.3 is 15.2 Å². The van der Waals surface area contributed by atoms with Crippen LogP contribution in [0.1, 0.15) is 22.4 Å². The van der Waals surface area contributed by atoms with Crippen LogP contribution in [0.3, 0.4) is 0 Å². The van der Waals surface area contributed by atoms with E-state index in [0.29, 0.717) is 13.0 Å². The second kappa shape index (κ2) is 7.52. The molecule has 2 aromatic heterocycles. The molecule has 1 aromatic carbocycles. The highest BCUT2D eigenvalue weighted by Gasteiger charge is 2.23. The number of phenols is 1. The summed E-state index contributed by atoms with van der Waals surface area (Å²) in [6.07, 6.45) is 5.45. The lowest BCUT2D eigenvalue weighted by molar-refractivity contribution is -0.144. The molecule has 0 spiro atoms. The second-order valence-electron chi connectivity index (χ2n) is 6.73. The van der Waals surface area contributed by atoms with E-state index in [2.05, 4.69) is 15.3 Å². The van der Waals surface area contributed by atoms with Crippen molar-refractivity contribution in [2.45, 2.75) is 25.7 Å². The van der Waals surface area contributed by atoms with Gasteiger partial charge in [0.15, 0.2) is 0 Å². The second-order valence-corrected chi connectivity index (χ2v) is 7.81. The van der Waals surface area contributed by atoms with Crippen LogP contribution in [-0.2, 0) is 28.8 Å². The minimum absolute atomic E-state index is 0.209. The Morgan fingerprint density at radius 1 is 1.30 bits per heavy atom. The van der Waals surface area contributed by atoms with Gasteiger partial charge in [0.25, 0.3) is 0 Å². The molecule has 0 amide bonds. The number of aromatic hydroxyl groups is 1. The van der Waals surface area contributed by atoms with Gasteiger partial charge in [0, 0.05) is 11.4 Å². The summed E-state index contributed by atoms with van der Waals surface area (Å²) < 4.78 is 4.98. The Kier molecular flexibility index (Phi) is 4.94. The van der Waals surface area contributed by atoms with Crippen LogP contribution in [0.15, 0.2) is 30.6 Å². The number of ether oxygens (including phenoxy) is 1. The Bertz CT molecular complexity index is 969. The first kappa shape index (κ1) is 17.7. The SMILES string of the molecule is COC(=O)C(CNc1ncnc2sc3c(c12)CCC3)Cc1ccc(O)cc1. The highest BCUT2D eigenvalue weighted by Crippen LogP contribution is 2.39. The first-order chi connectivity index (χ1) is 13.2. The zero-order chi connectivity index (χ0) is 18.8. The van der Waals surface area contributed by atoms with E-state index in [1.54, 1.807) is 29.8 Å². The van der Waals surface area contributed by atoms with E-state index in [4.69, 9.17) is 4.74 Å². The molecule has 0 radical (unpaired) electrons. The number of benzene rings is 1. The maximum absolute atomic E-state index is 12.3. The van der Waals surface area contributed by atoms with Crippen molar-refractivity contribution in [2.75, 3.05) is 19.0 Å². The third kappa shape index (κ3) is 3.60. The summed E-state index contributed by atoms with van der Waals surface area (Å²) in [7, 11) is 1.40. The molecule has 0 fully saturated rings. The average Bonchev–Trinajstić information content (AvgIpc) is 3.27. The number of carbonyl (C=O) groups excluding carboxylic acids is 1. The Balaban J connectivity index is 1.55. The molecule has 140 valence electrons. The fourth-order valence-electron chi connectivity index (χ4n) is 3.60. The van der Waals surface area contributed by atoms with Crippen LogP contribution in [0.5, 0.6) is 5.75 Å². The number of thiophene rings is 1. The van der Waals surface area contributed by atoms with Crippen LogP contribution in [0.25, 0.3) is 10.2 Å². The number of phenolic OH excluding ortho intramolecular Hbond substituents is 1. The molecule has 7 heteroatoms. The van der Waals surface area contributed by atoms with Gasteiger partial charge >= 0.3 is 5.97 Å². The number of methoxy groups -OCH3 is 1. The van der Waals surface area contributed by atoms with Gasteiger partial charge in [0.2, 0.25) is 0 Å². The van der Waals surface area contributed by atoms with Crippen LogP contribution >= 0.6 is 11.3 Å². The molecule has 1 unspecified atom stereocenters. The van der Waals surface area contributed by atoms with E-state index >= 15 is 0 Å². The molecular weight excluding hydrogens is 362 g/mol. The molecular formula is C20H21N3O3S. The predicted octanol–water partition coefficient (Wildman–Crippen LogP) is 3.33. The van der Waals surface area contributed by atoms with Crippen LogP contribution < -0.4 is 5.32 Å². The smallest absolute Gasteiger partial charge is 0.310 e. The summed E-state index contributed by atoms with van der Waals surface area (Å²) >= 11 is 1.74. The maximum Gasteiger partial charge on any atom is 0.310 e.